The molecule has 3 nitrogen and oxygen atoms in total. The van der Waals surface area contributed by atoms with Crippen molar-refractivity contribution in [3.05, 3.63) is 29.8 Å². The Labute approximate surface area is 115 Å². The van der Waals surface area contributed by atoms with E-state index in [0.717, 1.165) is 30.6 Å². The molecule has 0 spiro atoms. The van der Waals surface area contributed by atoms with Gasteiger partial charge in [0.2, 0.25) is 0 Å². The van der Waals surface area contributed by atoms with E-state index in [4.69, 9.17) is 9.47 Å². The Morgan fingerprint density at radius 1 is 1.37 bits per heavy atom. The standard InChI is InChI=1S/C16H21NO2/c1-12-6-7-14(10-17)16(8-12)19-11-13-4-3-5-15(9-13)18-2/h3-5,9,12,14,16H,6-8,11H2,1-2H3. The molecule has 0 bridgehead atoms. The van der Waals surface area contributed by atoms with Crippen LogP contribution in [0, 0.1) is 23.2 Å². The fraction of sp³-hybridized carbons (Fsp3) is 0.562. The van der Waals surface area contributed by atoms with Crippen molar-refractivity contribution in [3.8, 4) is 11.8 Å². The maximum Gasteiger partial charge on any atom is 0.119 e. The number of ether oxygens (including phenoxy) is 2. The average Bonchev–Trinajstić information content (AvgIpc) is 2.45. The number of nitriles is 1. The van der Waals surface area contributed by atoms with Crippen LogP contribution in [0.25, 0.3) is 0 Å². The van der Waals surface area contributed by atoms with Crippen molar-refractivity contribution >= 4 is 0 Å². The van der Waals surface area contributed by atoms with Crippen LogP contribution >= 0.6 is 0 Å². The summed E-state index contributed by atoms with van der Waals surface area (Å²) in [7, 11) is 1.66. The minimum Gasteiger partial charge on any atom is -0.497 e. The first-order valence-corrected chi connectivity index (χ1v) is 6.87. The van der Waals surface area contributed by atoms with Gasteiger partial charge in [-0.3, -0.25) is 0 Å². The third kappa shape index (κ3) is 3.71. The first-order valence-electron chi connectivity index (χ1n) is 6.87. The second kappa shape index (κ2) is 6.58. The highest BCUT2D eigenvalue weighted by Gasteiger charge is 2.29. The molecule has 1 fully saturated rings. The third-order valence-electron chi connectivity index (χ3n) is 3.82. The van der Waals surface area contributed by atoms with Crippen LogP contribution in [0.3, 0.4) is 0 Å². The third-order valence-corrected chi connectivity index (χ3v) is 3.82. The molecule has 1 aromatic carbocycles. The molecular weight excluding hydrogens is 238 g/mol. The summed E-state index contributed by atoms with van der Waals surface area (Å²) in [6, 6.07) is 10.3. The van der Waals surface area contributed by atoms with E-state index in [9.17, 15) is 5.26 Å². The summed E-state index contributed by atoms with van der Waals surface area (Å²) in [6.07, 6.45) is 3.15. The van der Waals surface area contributed by atoms with Crippen molar-refractivity contribution in [1.82, 2.24) is 0 Å². The van der Waals surface area contributed by atoms with Gasteiger partial charge in [0.25, 0.3) is 0 Å². The molecule has 3 heteroatoms. The van der Waals surface area contributed by atoms with Crippen LogP contribution in [0.1, 0.15) is 31.7 Å². The molecule has 0 aromatic heterocycles. The molecule has 0 N–H and O–H groups in total. The molecule has 0 heterocycles. The molecule has 1 aliphatic rings. The van der Waals surface area contributed by atoms with Crippen LogP contribution in [0.4, 0.5) is 0 Å². The van der Waals surface area contributed by atoms with Gasteiger partial charge in [-0.05, 0) is 42.9 Å². The molecular formula is C16H21NO2. The molecule has 102 valence electrons. The topological polar surface area (TPSA) is 42.2 Å². The van der Waals surface area contributed by atoms with E-state index in [0.29, 0.717) is 12.5 Å². The van der Waals surface area contributed by atoms with Crippen LogP contribution in [0.2, 0.25) is 0 Å². The van der Waals surface area contributed by atoms with Gasteiger partial charge in [-0.2, -0.15) is 5.26 Å². The Kier molecular flexibility index (Phi) is 4.81. The van der Waals surface area contributed by atoms with Crippen molar-refractivity contribution in [2.24, 2.45) is 11.8 Å². The summed E-state index contributed by atoms with van der Waals surface area (Å²) in [6.45, 7) is 2.78. The van der Waals surface area contributed by atoms with E-state index in [-0.39, 0.29) is 12.0 Å². The molecule has 3 atom stereocenters. The second-order valence-corrected chi connectivity index (χ2v) is 5.35. The largest absolute Gasteiger partial charge is 0.497 e. The quantitative estimate of drug-likeness (QED) is 0.830. The predicted octanol–water partition coefficient (Wildman–Crippen LogP) is 3.54. The number of hydrogen-bond acceptors (Lipinski definition) is 3. The molecule has 2 rings (SSSR count). The van der Waals surface area contributed by atoms with Gasteiger partial charge in [0.15, 0.2) is 0 Å². The Balaban J connectivity index is 1.94. The van der Waals surface area contributed by atoms with Gasteiger partial charge in [0.1, 0.15) is 5.75 Å². The fourth-order valence-corrected chi connectivity index (χ4v) is 2.63. The van der Waals surface area contributed by atoms with Crippen LogP contribution in [0.5, 0.6) is 5.75 Å². The summed E-state index contributed by atoms with van der Waals surface area (Å²) < 4.78 is 11.2. The minimum absolute atomic E-state index is 0.0433. The number of methoxy groups -OCH3 is 1. The van der Waals surface area contributed by atoms with Crippen LogP contribution < -0.4 is 4.74 Å². The number of hydrogen-bond donors (Lipinski definition) is 0. The van der Waals surface area contributed by atoms with Gasteiger partial charge in [0, 0.05) is 0 Å². The van der Waals surface area contributed by atoms with Crippen molar-refractivity contribution in [2.75, 3.05) is 7.11 Å². The van der Waals surface area contributed by atoms with Crippen molar-refractivity contribution in [1.29, 1.82) is 5.26 Å². The molecule has 1 saturated carbocycles. The maximum atomic E-state index is 9.18. The van der Waals surface area contributed by atoms with Crippen molar-refractivity contribution in [3.63, 3.8) is 0 Å². The number of rotatable bonds is 4. The molecule has 1 aromatic rings. The van der Waals surface area contributed by atoms with Gasteiger partial charge in [-0.1, -0.05) is 19.1 Å². The zero-order valence-corrected chi connectivity index (χ0v) is 11.6. The lowest BCUT2D eigenvalue weighted by molar-refractivity contribution is -0.0173. The second-order valence-electron chi connectivity index (χ2n) is 5.35. The molecule has 1 aliphatic carbocycles. The molecule has 0 amide bonds. The predicted molar refractivity (Wildman–Crippen MR) is 73.7 cm³/mol. The van der Waals surface area contributed by atoms with Crippen LogP contribution in [-0.2, 0) is 11.3 Å². The number of nitrogens with zero attached hydrogens (tertiary/aromatic N) is 1. The van der Waals surface area contributed by atoms with Gasteiger partial charge in [-0.15, -0.1) is 0 Å². The van der Waals surface area contributed by atoms with Gasteiger partial charge in [-0.25, -0.2) is 0 Å². The minimum atomic E-state index is 0.0433. The Morgan fingerprint density at radius 3 is 2.95 bits per heavy atom. The first-order chi connectivity index (χ1) is 9.22. The molecule has 0 aliphatic heterocycles. The fourth-order valence-electron chi connectivity index (χ4n) is 2.63. The van der Waals surface area contributed by atoms with E-state index in [1.807, 2.05) is 24.3 Å². The SMILES string of the molecule is COc1cccc(COC2CC(C)CCC2C#N)c1. The lowest BCUT2D eigenvalue weighted by Gasteiger charge is -2.30. The van der Waals surface area contributed by atoms with E-state index in [1.165, 1.54) is 0 Å². The zero-order valence-electron chi connectivity index (χ0n) is 11.6. The van der Waals surface area contributed by atoms with Crippen LogP contribution in [0.15, 0.2) is 24.3 Å². The van der Waals surface area contributed by atoms with Gasteiger partial charge >= 0.3 is 0 Å². The highest BCUT2D eigenvalue weighted by atomic mass is 16.5. The normalized spacial score (nSPS) is 26.7. The summed E-state index contributed by atoms with van der Waals surface area (Å²) in [4.78, 5) is 0. The molecule has 0 radical (unpaired) electrons. The Hall–Kier alpha value is -1.53. The van der Waals surface area contributed by atoms with E-state index < -0.39 is 0 Å². The highest BCUT2D eigenvalue weighted by molar-refractivity contribution is 5.27. The summed E-state index contributed by atoms with van der Waals surface area (Å²) >= 11 is 0. The van der Waals surface area contributed by atoms with E-state index >= 15 is 0 Å². The van der Waals surface area contributed by atoms with Gasteiger partial charge in [0.05, 0.1) is 31.8 Å². The Bertz CT molecular complexity index is 452. The smallest absolute Gasteiger partial charge is 0.119 e. The van der Waals surface area contributed by atoms with E-state index in [1.54, 1.807) is 7.11 Å². The monoisotopic (exact) mass is 259 g/mol. The summed E-state index contributed by atoms with van der Waals surface area (Å²) in [5, 5.41) is 9.18. The summed E-state index contributed by atoms with van der Waals surface area (Å²) in [5.74, 6) is 1.54. The molecule has 3 unspecified atom stereocenters. The van der Waals surface area contributed by atoms with Crippen molar-refractivity contribution < 1.29 is 9.47 Å². The lowest BCUT2D eigenvalue weighted by Crippen LogP contribution is -2.30. The summed E-state index contributed by atoms with van der Waals surface area (Å²) in [5.41, 5.74) is 1.09. The molecule has 19 heavy (non-hydrogen) atoms. The highest BCUT2D eigenvalue weighted by Crippen LogP contribution is 2.31. The first kappa shape index (κ1) is 13.9. The Morgan fingerprint density at radius 2 is 2.21 bits per heavy atom. The van der Waals surface area contributed by atoms with E-state index in [2.05, 4.69) is 13.0 Å². The van der Waals surface area contributed by atoms with Crippen molar-refractivity contribution in [2.45, 2.75) is 38.9 Å². The number of benzene rings is 1. The molecule has 0 saturated heterocycles. The van der Waals surface area contributed by atoms with Gasteiger partial charge < -0.3 is 9.47 Å². The lowest BCUT2D eigenvalue weighted by atomic mass is 9.81. The van der Waals surface area contributed by atoms with Crippen LogP contribution in [-0.4, -0.2) is 13.2 Å². The maximum absolute atomic E-state index is 9.18. The zero-order chi connectivity index (χ0) is 13.7. The average molecular weight is 259 g/mol.